The van der Waals surface area contributed by atoms with Gasteiger partial charge in [-0.25, -0.2) is 0 Å². The molecule has 4 aliphatic carbocycles. The lowest BCUT2D eigenvalue weighted by Crippen LogP contribution is -2.48. The number of rotatable bonds is 4. The van der Waals surface area contributed by atoms with Crippen LogP contribution in [0.4, 0.5) is 0 Å². The summed E-state index contributed by atoms with van der Waals surface area (Å²) in [5.74, 6) is 3.21. The Kier molecular flexibility index (Phi) is 2.54. The molecule has 0 heterocycles. The van der Waals surface area contributed by atoms with Crippen LogP contribution in [0.3, 0.4) is 0 Å². The topological polar surface area (TPSA) is 9.23 Å². The van der Waals surface area contributed by atoms with Crippen LogP contribution in [0.5, 0.6) is 0 Å². The van der Waals surface area contributed by atoms with Gasteiger partial charge < -0.3 is 4.74 Å². The summed E-state index contributed by atoms with van der Waals surface area (Å²) in [5, 5.41) is 0. The van der Waals surface area contributed by atoms with Crippen molar-refractivity contribution in [2.24, 2.45) is 23.2 Å². The molecule has 0 aromatic carbocycles. The van der Waals surface area contributed by atoms with Gasteiger partial charge in [-0.05, 0) is 68.1 Å². The van der Waals surface area contributed by atoms with E-state index in [0.29, 0.717) is 5.41 Å². The van der Waals surface area contributed by atoms with Crippen molar-refractivity contribution in [1.82, 2.24) is 0 Å². The SMILES string of the molecule is CCCOCC12CC3CC(CC(C3)C1)C2. The van der Waals surface area contributed by atoms with Crippen LogP contribution in [-0.2, 0) is 4.74 Å². The van der Waals surface area contributed by atoms with E-state index in [1.807, 2.05) is 0 Å². The van der Waals surface area contributed by atoms with Gasteiger partial charge in [0.05, 0.1) is 6.61 Å². The summed E-state index contributed by atoms with van der Waals surface area (Å²) in [6.07, 6.45) is 10.3. The smallest absolute Gasteiger partial charge is 0.0522 e. The minimum atomic E-state index is 0.629. The van der Waals surface area contributed by atoms with E-state index < -0.39 is 0 Å². The first-order valence-electron chi connectivity index (χ1n) is 6.87. The lowest BCUT2D eigenvalue weighted by molar-refractivity contribution is -0.0961. The normalized spacial score (nSPS) is 47.4. The first-order chi connectivity index (χ1) is 7.30. The molecule has 0 saturated heterocycles. The molecule has 15 heavy (non-hydrogen) atoms. The van der Waals surface area contributed by atoms with Crippen LogP contribution in [0, 0.1) is 23.2 Å². The molecule has 1 heteroatoms. The molecular formula is C14H24O. The first-order valence-corrected chi connectivity index (χ1v) is 6.87. The first kappa shape index (κ1) is 10.1. The van der Waals surface area contributed by atoms with Crippen molar-refractivity contribution in [3.05, 3.63) is 0 Å². The molecule has 4 saturated carbocycles. The number of hydrogen-bond acceptors (Lipinski definition) is 1. The monoisotopic (exact) mass is 208 g/mol. The zero-order valence-electron chi connectivity index (χ0n) is 10.0. The van der Waals surface area contributed by atoms with Crippen molar-refractivity contribution in [1.29, 1.82) is 0 Å². The summed E-state index contributed by atoms with van der Waals surface area (Å²) in [5.41, 5.74) is 0.629. The maximum atomic E-state index is 5.87. The predicted molar refractivity (Wildman–Crippen MR) is 61.7 cm³/mol. The standard InChI is InChI=1S/C14H24O/c1-2-3-15-10-14-7-11-4-12(8-14)6-13(5-11)9-14/h11-13H,2-10H2,1H3. The molecule has 0 aliphatic heterocycles. The van der Waals surface area contributed by atoms with E-state index in [-0.39, 0.29) is 0 Å². The predicted octanol–water partition coefficient (Wildman–Crippen LogP) is 3.63. The van der Waals surface area contributed by atoms with Crippen molar-refractivity contribution in [3.63, 3.8) is 0 Å². The molecule has 0 N–H and O–H groups in total. The van der Waals surface area contributed by atoms with Crippen LogP contribution in [0.25, 0.3) is 0 Å². The molecular weight excluding hydrogens is 184 g/mol. The second-order valence-corrected chi connectivity index (χ2v) is 6.47. The summed E-state index contributed by atoms with van der Waals surface area (Å²) in [6, 6.07) is 0. The zero-order valence-corrected chi connectivity index (χ0v) is 10.0. The van der Waals surface area contributed by atoms with Gasteiger partial charge in [-0.3, -0.25) is 0 Å². The average molecular weight is 208 g/mol. The molecule has 4 bridgehead atoms. The maximum Gasteiger partial charge on any atom is 0.0522 e. The fraction of sp³-hybridized carbons (Fsp3) is 1.00. The molecule has 1 nitrogen and oxygen atoms in total. The van der Waals surface area contributed by atoms with E-state index in [4.69, 9.17) is 4.74 Å². The highest BCUT2D eigenvalue weighted by atomic mass is 16.5. The van der Waals surface area contributed by atoms with Gasteiger partial charge in [-0.15, -0.1) is 0 Å². The molecule has 86 valence electrons. The van der Waals surface area contributed by atoms with Gasteiger partial charge in [-0.2, -0.15) is 0 Å². The molecule has 0 spiro atoms. The van der Waals surface area contributed by atoms with Gasteiger partial charge >= 0.3 is 0 Å². The van der Waals surface area contributed by atoms with Gasteiger partial charge in [0.15, 0.2) is 0 Å². The van der Waals surface area contributed by atoms with E-state index in [1.165, 1.54) is 25.7 Å². The van der Waals surface area contributed by atoms with E-state index in [2.05, 4.69) is 6.92 Å². The van der Waals surface area contributed by atoms with Gasteiger partial charge in [0, 0.05) is 6.61 Å². The van der Waals surface area contributed by atoms with Crippen molar-refractivity contribution in [2.75, 3.05) is 13.2 Å². The van der Waals surface area contributed by atoms with E-state index in [1.54, 1.807) is 19.3 Å². The fourth-order valence-electron chi connectivity index (χ4n) is 4.90. The van der Waals surface area contributed by atoms with Crippen molar-refractivity contribution in [3.8, 4) is 0 Å². The Morgan fingerprint density at radius 3 is 2.00 bits per heavy atom. The number of ether oxygens (including phenoxy) is 1. The van der Waals surface area contributed by atoms with Gasteiger partial charge in [0.25, 0.3) is 0 Å². The molecule has 4 rings (SSSR count). The molecule has 0 amide bonds. The Balaban J connectivity index is 1.65. The molecule has 0 aromatic rings. The largest absolute Gasteiger partial charge is 0.381 e. The molecule has 0 atom stereocenters. The van der Waals surface area contributed by atoms with E-state index >= 15 is 0 Å². The summed E-state index contributed by atoms with van der Waals surface area (Å²) in [6.45, 7) is 4.26. The Labute approximate surface area is 93.6 Å². The van der Waals surface area contributed by atoms with Crippen LogP contribution in [0.15, 0.2) is 0 Å². The summed E-state index contributed by atoms with van der Waals surface area (Å²) in [7, 11) is 0. The van der Waals surface area contributed by atoms with Crippen LogP contribution in [0.1, 0.15) is 51.9 Å². The Bertz CT molecular complexity index is 198. The minimum absolute atomic E-state index is 0.629. The highest BCUT2D eigenvalue weighted by Crippen LogP contribution is 2.59. The molecule has 4 aliphatic rings. The van der Waals surface area contributed by atoms with Gasteiger partial charge in [0.2, 0.25) is 0 Å². The lowest BCUT2D eigenvalue weighted by atomic mass is 9.50. The zero-order chi connectivity index (χ0) is 10.3. The minimum Gasteiger partial charge on any atom is -0.381 e. The van der Waals surface area contributed by atoms with E-state index in [0.717, 1.165) is 31.0 Å². The third kappa shape index (κ3) is 1.84. The maximum absolute atomic E-state index is 5.87. The van der Waals surface area contributed by atoms with Crippen LogP contribution in [-0.4, -0.2) is 13.2 Å². The highest BCUT2D eigenvalue weighted by Gasteiger charge is 2.50. The summed E-state index contributed by atoms with van der Waals surface area (Å²) in [4.78, 5) is 0. The summed E-state index contributed by atoms with van der Waals surface area (Å²) >= 11 is 0. The van der Waals surface area contributed by atoms with Crippen LogP contribution in [0.2, 0.25) is 0 Å². The van der Waals surface area contributed by atoms with Gasteiger partial charge in [0.1, 0.15) is 0 Å². The third-order valence-corrected chi connectivity index (χ3v) is 4.92. The Hall–Kier alpha value is -0.0400. The van der Waals surface area contributed by atoms with Gasteiger partial charge in [-0.1, -0.05) is 6.92 Å². The molecule has 0 radical (unpaired) electrons. The van der Waals surface area contributed by atoms with Crippen LogP contribution >= 0.6 is 0 Å². The number of hydrogen-bond donors (Lipinski definition) is 0. The van der Waals surface area contributed by atoms with Crippen molar-refractivity contribution >= 4 is 0 Å². The second-order valence-electron chi connectivity index (χ2n) is 6.47. The fourth-order valence-corrected chi connectivity index (χ4v) is 4.90. The summed E-state index contributed by atoms with van der Waals surface area (Å²) < 4.78 is 5.87. The van der Waals surface area contributed by atoms with Crippen molar-refractivity contribution < 1.29 is 4.74 Å². The lowest BCUT2D eigenvalue weighted by Gasteiger charge is -2.56. The quantitative estimate of drug-likeness (QED) is 0.641. The average Bonchev–Trinajstić information content (AvgIpc) is 2.15. The molecule has 0 unspecified atom stereocenters. The van der Waals surface area contributed by atoms with Crippen molar-refractivity contribution in [2.45, 2.75) is 51.9 Å². The molecule has 0 aromatic heterocycles. The highest BCUT2D eigenvalue weighted by molar-refractivity contribution is 5.01. The second kappa shape index (κ2) is 3.76. The van der Waals surface area contributed by atoms with Crippen LogP contribution < -0.4 is 0 Å². The Morgan fingerprint density at radius 2 is 1.53 bits per heavy atom. The van der Waals surface area contributed by atoms with E-state index in [9.17, 15) is 0 Å². The molecule has 4 fully saturated rings. The third-order valence-electron chi connectivity index (χ3n) is 4.92. The Morgan fingerprint density at radius 1 is 1.00 bits per heavy atom.